The van der Waals surface area contributed by atoms with Gasteiger partial charge in [0.25, 0.3) is 5.91 Å². The lowest BCUT2D eigenvalue weighted by Crippen LogP contribution is -2.62. The predicted octanol–water partition coefficient (Wildman–Crippen LogP) is 5.02. The predicted molar refractivity (Wildman–Crippen MR) is 114 cm³/mol. The van der Waals surface area contributed by atoms with Crippen LogP contribution in [-0.2, 0) is 5.75 Å². The van der Waals surface area contributed by atoms with Gasteiger partial charge in [0.1, 0.15) is 0 Å². The van der Waals surface area contributed by atoms with Crippen molar-refractivity contribution in [1.29, 1.82) is 0 Å². The van der Waals surface area contributed by atoms with Gasteiger partial charge in [-0.3, -0.25) is 4.79 Å². The van der Waals surface area contributed by atoms with Gasteiger partial charge < -0.3 is 10.6 Å². The van der Waals surface area contributed by atoms with Gasteiger partial charge in [0.05, 0.1) is 0 Å². The SMILES string of the molecule is CC1(C)CC(NC(=O)c2ccc(CSc3ccccc3)cc2)CC(C)(C)N1. The lowest BCUT2D eigenvalue weighted by molar-refractivity contribution is 0.0873. The number of piperidine rings is 1. The third kappa shape index (κ3) is 5.85. The van der Waals surface area contributed by atoms with Gasteiger partial charge in [0.2, 0.25) is 0 Å². The van der Waals surface area contributed by atoms with Crippen molar-refractivity contribution in [2.75, 3.05) is 0 Å². The van der Waals surface area contributed by atoms with Crippen LogP contribution in [0.1, 0.15) is 56.5 Å². The number of hydrogen-bond acceptors (Lipinski definition) is 3. The molecular weight excluding hydrogens is 352 g/mol. The van der Waals surface area contributed by atoms with E-state index in [-0.39, 0.29) is 23.0 Å². The highest BCUT2D eigenvalue weighted by molar-refractivity contribution is 7.98. The van der Waals surface area contributed by atoms with E-state index >= 15 is 0 Å². The first-order valence-corrected chi connectivity index (χ1v) is 10.6. The molecule has 1 fully saturated rings. The molecule has 2 aromatic carbocycles. The largest absolute Gasteiger partial charge is 0.349 e. The summed E-state index contributed by atoms with van der Waals surface area (Å²) in [6.45, 7) is 8.80. The fourth-order valence-corrected chi connectivity index (χ4v) is 5.00. The highest BCUT2D eigenvalue weighted by Gasteiger charge is 2.38. The van der Waals surface area contributed by atoms with Crippen molar-refractivity contribution in [1.82, 2.24) is 10.6 Å². The number of carbonyl (C=O) groups is 1. The average Bonchev–Trinajstić information content (AvgIpc) is 2.58. The van der Waals surface area contributed by atoms with E-state index in [2.05, 4.69) is 74.7 Å². The van der Waals surface area contributed by atoms with Gasteiger partial charge in [-0.1, -0.05) is 30.3 Å². The molecule has 0 atom stereocenters. The van der Waals surface area contributed by atoms with Crippen molar-refractivity contribution in [3.05, 3.63) is 65.7 Å². The minimum atomic E-state index is 0.0239. The van der Waals surface area contributed by atoms with Crippen LogP contribution in [0.15, 0.2) is 59.5 Å². The van der Waals surface area contributed by atoms with E-state index in [0.29, 0.717) is 0 Å². The first kappa shape index (κ1) is 20.0. The molecule has 1 aliphatic rings. The monoisotopic (exact) mass is 382 g/mol. The van der Waals surface area contributed by atoms with Crippen LogP contribution in [0.5, 0.6) is 0 Å². The van der Waals surface area contributed by atoms with Crippen LogP contribution in [0.4, 0.5) is 0 Å². The first-order valence-electron chi connectivity index (χ1n) is 9.59. The standard InChI is InChI=1S/C23H30N2OS/c1-22(2)14-19(15-23(3,4)25-22)24-21(26)18-12-10-17(11-13-18)16-27-20-8-6-5-7-9-20/h5-13,19,25H,14-16H2,1-4H3,(H,24,26). The van der Waals surface area contributed by atoms with Gasteiger partial charge >= 0.3 is 0 Å². The molecule has 1 amide bonds. The molecule has 1 saturated heterocycles. The molecule has 1 aliphatic heterocycles. The van der Waals surface area contributed by atoms with Gasteiger partial charge in [-0.25, -0.2) is 0 Å². The highest BCUT2D eigenvalue weighted by Crippen LogP contribution is 2.28. The van der Waals surface area contributed by atoms with E-state index in [4.69, 9.17) is 0 Å². The van der Waals surface area contributed by atoms with Crippen molar-refractivity contribution >= 4 is 17.7 Å². The Morgan fingerprint density at radius 2 is 1.59 bits per heavy atom. The summed E-state index contributed by atoms with van der Waals surface area (Å²) in [4.78, 5) is 13.9. The van der Waals surface area contributed by atoms with Gasteiger partial charge in [-0.05, 0) is 70.4 Å². The van der Waals surface area contributed by atoms with E-state index in [1.54, 1.807) is 0 Å². The Labute approximate surface area is 167 Å². The number of hydrogen-bond donors (Lipinski definition) is 2. The quantitative estimate of drug-likeness (QED) is 0.714. The fourth-order valence-electron chi connectivity index (χ4n) is 4.13. The van der Waals surface area contributed by atoms with Crippen molar-refractivity contribution in [2.45, 2.75) is 68.3 Å². The molecule has 0 aliphatic carbocycles. The summed E-state index contributed by atoms with van der Waals surface area (Å²) in [6, 6.07) is 18.6. The smallest absolute Gasteiger partial charge is 0.251 e. The Morgan fingerprint density at radius 1 is 1.00 bits per heavy atom. The number of thioether (sulfide) groups is 1. The summed E-state index contributed by atoms with van der Waals surface area (Å²) < 4.78 is 0. The van der Waals surface area contributed by atoms with Crippen molar-refractivity contribution in [3.63, 3.8) is 0 Å². The molecule has 0 spiro atoms. The first-order chi connectivity index (χ1) is 12.7. The summed E-state index contributed by atoms with van der Waals surface area (Å²) in [6.07, 6.45) is 1.88. The normalized spacial score (nSPS) is 18.8. The Balaban J connectivity index is 1.57. The maximum Gasteiger partial charge on any atom is 0.251 e. The second-order valence-corrected chi connectivity index (χ2v) is 9.82. The number of nitrogens with one attached hydrogen (secondary N) is 2. The molecule has 1 heterocycles. The Hall–Kier alpha value is -1.78. The fraction of sp³-hybridized carbons (Fsp3) is 0.435. The van der Waals surface area contributed by atoms with Crippen LogP contribution in [0.3, 0.4) is 0 Å². The molecule has 4 heteroatoms. The molecule has 144 valence electrons. The van der Waals surface area contributed by atoms with Gasteiger partial charge in [-0.2, -0.15) is 0 Å². The van der Waals surface area contributed by atoms with E-state index in [1.165, 1.54) is 10.5 Å². The molecule has 0 radical (unpaired) electrons. The zero-order valence-corrected chi connectivity index (χ0v) is 17.5. The summed E-state index contributed by atoms with van der Waals surface area (Å²) in [5.41, 5.74) is 2.01. The zero-order valence-electron chi connectivity index (χ0n) is 16.7. The van der Waals surface area contributed by atoms with E-state index in [9.17, 15) is 4.79 Å². The van der Waals surface area contributed by atoms with Crippen LogP contribution in [-0.4, -0.2) is 23.0 Å². The van der Waals surface area contributed by atoms with Gasteiger partial charge in [0, 0.05) is 33.3 Å². The summed E-state index contributed by atoms with van der Waals surface area (Å²) >= 11 is 1.81. The Kier molecular flexibility index (Phi) is 5.97. The molecule has 3 nitrogen and oxygen atoms in total. The zero-order chi connectivity index (χ0) is 19.5. The highest BCUT2D eigenvalue weighted by atomic mass is 32.2. The minimum absolute atomic E-state index is 0.0239. The van der Waals surface area contributed by atoms with Crippen molar-refractivity contribution in [2.24, 2.45) is 0 Å². The lowest BCUT2D eigenvalue weighted by atomic mass is 9.79. The van der Waals surface area contributed by atoms with Crippen molar-refractivity contribution < 1.29 is 4.79 Å². The number of benzene rings is 2. The van der Waals surface area contributed by atoms with Crippen LogP contribution in [0.2, 0.25) is 0 Å². The molecule has 0 aromatic heterocycles. The second kappa shape index (κ2) is 8.07. The molecular formula is C23H30N2OS. The van der Waals surface area contributed by atoms with Crippen LogP contribution in [0, 0.1) is 0 Å². The molecule has 0 saturated carbocycles. The molecule has 2 N–H and O–H groups in total. The van der Waals surface area contributed by atoms with Crippen LogP contribution in [0.25, 0.3) is 0 Å². The third-order valence-corrected chi connectivity index (χ3v) is 5.97. The van der Waals surface area contributed by atoms with E-state index < -0.39 is 0 Å². The summed E-state index contributed by atoms with van der Waals surface area (Å²) in [5.74, 6) is 0.929. The topological polar surface area (TPSA) is 41.1 Å². The van der Waals surface area contributed by atoms with Crippen molar-refractivity contribution in [3.8, 4) is 0 Å². The minimum Gasteiger partial charge on any atom is -0.349 e. The molecule has 2 aromatic rings. The Bertz CT molecular complexity index is 753. The van der Waals surface area contributed by atoms with Gasteiger partial charge in [0.15, 0.2) is 0 Å². The Morgan fingerprint density at radius 3 is 2.19 bits per heavy atom. The summed E-state index contributed by atoms with van der Waals surface area (Å²) in [5, 5.41) is 6.90. The number of carbonyl (C=O) groups excluding carboxylic acids is 1. The molecule has 27 heavy (non-hydrogen) atoms. The maximum atomic E-state index is 12.7. The second-order valence-electron chi connectivity index (χ2n) is 8.77. The number of rotatable bonds is 5. The molecule has 0 bridgehead atoms. The van der Waals surface area contributed by atoms with E-state index in [1.807, 2.05) is 30.0 Å². The maximum absolute atomic E-state index is 12.7. The third-order valence-electron chi connectivity index (χ3n) is 4.89. The van der Waals surface area contributed by atoms with E-state index in [0.717, 1.165) is 24.2 Å². The summed E-state index contributed by atoms with van der Waals surface area (Å²) in [7, 11) is 0. The lowest BCUT2D eigenvalue weighted by Gasteiger charge is -2.46. The van der Waals surface area contributed by atoms with Crippen LogP contribution >= 0.6 is 11.8 Å². The molecule has 0 unspecified atom stereocenters. The van der Waals surface area contributed by atoms with Crippen LogP contribution < -0.4 is 10.6 Å². The molecule has 3 rings (SSSR count). The average molecular weight is 383 g/mol. The number of amides is 1. The van der Waals surface area contributed by atoms with Gasteiger partial charge in [-0.15, -0.1) is 11.8 Å².